The third-order valence-corrected chi connectivity index (χ3v) is 12.3. The summed E-state index contributed by atoms with van der Waals surface area (Å²) in [6.45, 7) is 14.4. The Labute approximate surface area is 382 Å². The molecule has 10 nitrogen and oxygen atoms in total. The van der Waals surface area contributed by atoms with Crippen molar-refractivity contribution in [3.05, 3.63) is 89.9 Å². The van der Waals surface area contributed by atoms with Gasteiger partial charge in [-0.3, -0.25) is 9.59 Å². The van der Waals surface area contributed by atoms with Crippen molar-refractivity contribution in [1.29, 1.82) is 0 Å². The van der Waals surface area contributed by atoms with Crippen LogP contribution in [0.2, 0.25) is 0 Å². The van der Waals surface area contributed by atoms with Crippen LogP contribution in [-0.4, -0.2) is 68.3 Å². The number of halogens is 1. The van der Waals surface area contributed by atoms with Gasteiger partial charge in [0.15, 0.2) is 0 Å². The minimum absolute atomic E-state index is 0. The minimum Gasteiger partial charge on any atom is -0.550 e. The van der Waals surface area contributed by atoms with E-state index in [1.165, 1.54) is 17.7 Å². The molecule has 3 N–H and O–H groups in total. The van der Waals surface area contributed by atoms with Crippen LogP contribution in [0.1, 0.15) is 112 Å². The van der Waals surface area contributed by atoms with Crippen molar-refractivity contribution in [2.24, 2.45) is 29.1 Å². The second-order valence-corrected chi connectivity index (χ2v) is 17.9. The van der Waals surface area contributed by atoms with E-state index < -0.39 is 36.1 Å². The number of cyclic esters (lactones) is 1. The molecule has 2 aromatic carbocycles. The zero-order valence-corrected chi connectivity index (χ0v) is 39.1. The molecule has 61 heavy (non-hydrogen) atoms. The first-order chi connectivity index (χ1) is 28.4. The van der Waals surface area contributed by atoms with E-state index in [2.05, 4.69) is 50.5 Å². The molecule has 2 aliphatic carbocycles. The SMILES string of the molecule is CC(C)n1c(/C=C/[C@@H](O)C[C@@H](O)CC(=O)[O-])c(-c2ccc(F)cc2)c2ccccc21.CCC(C)(C)C(=O)O[C@H]1C[C@@H](C)C=C2C=C[C@H](C)[C@H](CC[C@@H]3C[C@@H](O)CC(=O)O3)[C@H]21.[Na+]. The summed E-state index contributed by atoms with van der Waals surface area (Å²) >= 11 is 0. The Kier molecular flexibility index (Phi) is 18.2. The van der Waals surface area contributed by atoms with E-state index in [9.17, 15) is 39.2 Å². The number of hydrogen-bond donors (Lipinski definition) is 3. The van der Waals surface area contributed by atoms with Crippen LogP contribution < -0.4 is 34.7 Å². The van der Waals surface area contributed by atoms with Gasteiger partial charge in [0.05, 0.1) is 30.1 Å². The van der Waals surface area contributed by atoms with Gasteiger partial charge in [-0.1, -0.05) is 75.4 Å². The van der Waals surface area contributed by atoms with Gasteiger partial charge in [-0.15, -0.1) is 0 Å². The van der Waals surface area contributed by atoms with E-state index in [0.29, 0.717) is 24.2 Å². The molecule has 1 aromatic heterocycles. The summed E-state index contributed by atoms with van der Waals surface area (Å²) < 4.78 is 27.2. The summed E-state index contributed by atoms with van der Waals surface area (Å²) in [5.41, 5.74) is 4.40. The molecule has 0 bridgehead atoms. The molecule has 1 fully saturated rings. The molecule has 3 aliphatic rings. The number of para-hydroxylation sites is 1. The van der Waals surface area contributed by atoms with Crippen LogP contribution in [0.5, 0.6) is 0 Å². The monoisotopic (exact) mass is 851 g/mol. The smallest absolute Gasteiger partial charge is 0.550 e. The second kappa shape index (κ2) is 22.2. The third-order valence-electron chi connectivity index (χ3n) is 12.3. The number of fused-ring (bicyclic) bond motifs is 2. The predicted octanol–water partition coefficient (Wildman–Crippen LogP) is 4.88. The van der Waals surface area contributed by atoms with Gasteiger partial charge in [0.2, 0.25) is 0 Å². The van der Waals surface area contributed by atoms with Gasteiger partial charge in [-0.25, -0.2) is 4.39 Å². The fourth-order valence-corrected chi connectivity index (χ4v) is 8.84. The van der Waals surface area contributed by atoms with Crippen molar-refractivity contribution >= 4 is 34.9 Å². The molecule has 0 spiro atoms. The molecule has 0 amide bonds. The Morgan fingerprint density at radius 1 is 1.07 bits per heavy atom. The number of carbonyl (C=O) groups excluding carboxylic acids is 3. The van der Waals surface area contributed by atoms with Crippen LogP contribution in [-0.2, 0) is 23.9 Å². The molecule has 6 rings (SSSR count). The number of carboxylic acids is 1. The number of carbonyl (C=O) groups is 3. The number of nitrogens with zero attached hydrogens (tertiary/aromatic N) is 1. The van der Waals surface area contributed by atoms with E-state index in [1.807, 2.05) is 45.0 Å². The van der Waals surface area contributed by atoms with E-state index in [0.717, 1.165) is 53.4 Å². The molecule has 1 saturated heterocycles. The number of allylic oxidation sites excluding steroid dienone is 3. The normalized spacial score (nSPS) is 24.8. The average Bonchev–Trinajstić information content (AvgIpc) is 3.51. The Hall–Kier alpha value is -3.58. The van der Waals surface area contributed by atoms with Crippen molar-refractivity contribution in [1.82, 2.24) is 4.57 Å². The van der Waals surface area contributed by atoms with Crippen LogP contribution in [0.4, 0.5) is 4.39 Å². The summed E-state index contributed by atoms with van der Waals surface area (Å²) in [6, 6.07) is 14.3. The molecular formula is C49H63FNNaO9. The first-order valence-corrected chi connectivity index (χ1v) is 21.5. The Morgan fingerprint density at radius 3 is 2.39 bits per heavy atom. The van der Waals surface area contributed by atoms with Crippen LogP contribution in [0.3, 0.4) is 0 Å². The molecule has 326 valence electrons. The number of aliphatic hydroxyl groups excluding tert-OH is 3. The molecule has 12 heteroatoms. The molecule has 1 aliphatic heterocycles. The second-order valence-electron chi connectivity index (χ2n) is 17.9. The zero-order valence-electron chi connectivity index (χ0n) is 37.1. The van der Waals surface area contributed by atoms with Gasteiger partial charge < -0.3 is 39.3 Å². The molecule has 3 aromatic rings. The number of aliphatic carboxylic acids is 1. The molecule has 0 unspecified atom stereocenters. The van der Waals surface area contributed by atoms with Gasteiger partial charge in [0.1, 0.15) is 18.0 Å². The Morgan fingerprint density at radius 2 is 1.75 bits per heavy atom. The number of hydrogen-bond acceptors (Lipinski definition) is 9. The maximum atomic E-state index is 13.5. The predicted molar refractivity (Wildman–Crippen MR) is 228 cm³/mol. The largest absolute Gasteiger partial charge is 1.00 e. The molecule has 9 atom stereocenters. The van der Waals surface area contributed by atoms with Crippen LogP contribution in [0.15, 0.2) is 78.4 Å². The standard InChI is InChI=1S/C25H38O5.C24H26FNO4.Na/c1-6-25(4,5)24(28)30-21-12-15(2)11-17-8-7-16(3)20(23(17)21)10-9-19-13-18(26)14-22(27)29-19;1-15(2)26-21-6-4-3-5-20(21)24(16-7-9-17(25)10-8-16)22(26)12-11-18(27)13-19(28)14-23(29)30;/h7-8,11,15-16,18-21,23,26H,6,9-10,12-14H2,1-5H3;3-12,15,18-19,27-28H,13-14H2,1-2H3,(H,29,30);/q;;+1/p-1/b;12-11+;/t15-,16-,18+,19+,20-,21-,23-;18-,19-;/m01./s1. The molecular weight excluding hydrogens is 789 g/mol. The van der Waals surface area contributed by atoms with Crippen molar-refractivity contribution < 1.29 is 78.2 Å². The summed E-state index contributed by atoms with van der Waals surface area (Å²) in [4.78, 5) is 35.2. The fourth-order valence-electron chi connectivity index (χ4n) is 8.84. The van der Waals surface area contributed by atoms with Gasteiger partial charge in [0, 0.05) is 59.4 Å². The van der Waals surface area contributed by atoms with E-state index in [1.54, 1.807) is 24.3 Å². The van der Waals surface area contributed by atoms with Gasteiger partial charge >= 0.3 is 41.5 Å². The summed E-state index contributed by atoms with van der Waals surface area (Å²) in [6.07, 6.45) is 10.1. The van der Waals surface area contributed by atoms with Gasteiger partial charge in [0.25, 0.3) is 0 Å². The number of ether oxygens (including phenoxy) is 2. The third kappa shape index (κ3) is 13.0. The van der Waals surface area contributed by atoms with Crippen LogP contribution in [0.25, 0.3) is 28.1 Å². The first kappa shape index (κ1) is 50.1. The maximum absolute atomic E-state index is 13.5. The number of aliphatic hydroxyl groups is 3. The van der Waals surface area contributed by atoms with Gasteiger partial charge in [-0.05, 0) is 107 Å². The van der Waals surface area contributed by atoms with Crippen molar-refractivity contribution in [2.75, 3.05) is 0 Å². The van der Waals surface area contributed by atoms with Crippen LogP contribution >= 0.6 is 0 Å². The Balaban J connectivity index is 0.000000264. The maximum Gasteiger partial charge on any atom is 1.00 e. The summed E-state index contributed by atoms with van der Waals surface area (Å²) in [5.74, 6) is -0.907. The Bertz CT molecular complexity index is 2050. The average molecular weight is 852 g/mol. The number of carboxylic acid groups (broad SMARTS) is 1. The van der Waals surface area contributed by atoms with E-state index in [-0.39, 0.29) is 84.3 Å². The number of benzene rings is 2. The quantitative estimate of drug-likeness (QED) is 0.152. The van der Waals surface area contributed by atoms with Crippen molar-refractivity contribution in [2.45, 2.75) is 136 Å². The number of rotatable bonds is 14. The topological polar surface area (TPSA) is 158 Å². The van der Waals surface area contributed by atoms with Crippen LogP contribution in [0, 0.1) is 34.9 Å². The number of aromatic nitrogens is 1. The molecule has 0 saturated carbocycles. The summed E-state index contributed by atoms with van der Waals surface area (Å²) in [7, 11) is 0. The summed E-state index contributed by atoms with van der Waals surface area (Å²) in [5, 5.41) is 41.6. The molecule has 0 radical (unpaired) electrons. The van der Waals surface area contributed by atoms with Gasteiger partial charge in [-0.2, -0.15) is 0 Å². The first-order valence-electron chi connectivity index (χ1n) is 21.5. The van der Waals surface area contributed by atoms with Crippen molar-refractivity contribution in [3.63, 3.8) is 0 Å². The number of esters is 2. The van der Waals surface area contributed by atoms with E-state index in [4.69, 9.17) is 9.47 Å². The fraction of sp³-hybridized carbons (Fsp3) is 0.531. The minimum atomic E-state index is -1.36. The van der Waals surface area contributed by atoms with Crippen molar-refractivity contribution in [3.8, 4) is 11.1 Å². The van der Waals surface area contributed by atoms with E-state index >= 15 is 0 Å². The zero-order chi connectivity index (χ0) is 43.9. The molecule has 2 heterocycles.